The van der Waals surface area contributed by atoms with Crippen molar-refractivity contribution in [2.45, 2.75) is 59.4 Å². The smallest absolute Gasteiger partial charge is 0.328 e. The summed E-state index contributed by atoms with van der Waals surface area (Å²) >= 11 is 3.44. The Bertz CT molecular complexity index is 745. The van der Waals surface area contributed by atoms with Gasteiger partial charge in [0, 0.05) is 18.3 Å². The van der Waals surface area contributed by atoms with Gasteiger partial charge in [0.25, 0.3) is 0 Å². The lowest BCUT2D eigenvalue weighted by atomic mass is 9.87. The molecule has 0 aromatic carbocycles. The third-order valence-electron chi connectivity index (χ3n) is 4.41. The molecule has 0 saturated heterocycles. The van der Waals surface area contributed by atoms with E-state index in [1.54, 1.807) is 6.20 Å². The number of ether oxygens (including phenoxy) is 1. The quantitative estimate of drug-likeness (QED) is 0.284. The van der Waals surface area contributed by atoms with E-state index in [1.165, 1.54) is 25.1 Å². The molecule has 1 rings (SSSR count). The van der Waals surface area contributed by atoms with Gasteiger partial charge in [0.2, 0.25) is 5.91 Å². The van der Waals surface area contributed by atoms with E-state index in [2.05, 4.69) is 64.1 Å². The van der Waals surface area contributed by atoms with Gasteiger partial charge in [-0.1, -0.05) is 53.6 Å². The second-order valence-electron chi connectivity index (χ2n) is 7.77. The second kappa shape index (κ2) is 12.4. The van der Waals surface area contributed by atoms with Gasteiger partial charge in [-0.3, -0.25) is 4.79 Å². The number of carbonyl (C=O) groups excluding carboxylic acids is 2. The van der Waals surface area contributed by atoms with Gasteiger partial charge in [-0.25, -0.2) is 9.78 Å². The molecule has 6 nitrogen and oxygen atoms in total. The molecular weight excluding hydrogens is 434 g/mol. The molecule has 160 valence electrons. The Balaban J connectivity index is 2.62. The van der Waals surface area contributed by atoms with E-state index in [1.807, 2.05) is 13.0 Å². The highest BCUT2D eigenvalue weighted by atomic mass is 79.9. The van der Waals surface area contributed by atoms with Gasteiger partial charge >= 0.3 is 5.97 Å². The normalized spacial score (nSPS) is 14.1. The molecule has 7 heteroatoms. The molecule has 1 atom stereocenters. The van der Waals surface area contributed by atoms with Crippen molar-refractivity contribution in [1.82, 2.24) is 15.3 Å². The van der Waals surface area contributed by atoms with Crippen LogP contribution in [0.1, 0.15) is 52.7 Å². The first-order chi connectivity index (χ1) is 13.6. The number of hydrogen-bond acceptors (Lipinski definition) is 4. The zero-order valence-corrected chi connectivity index (χ0v) is 19.5. The van der Waals surface area contributed by atoms with E-state index < -0.39 is 12.0 Å². The molecule has 2 N–H and O–H groups in total. The molecule has 0 radical (unpaired) electrons. The number of allylic oxidation sites excluding steroid dienone is 5. The van der Waals surface area contributed by atoms with Gasteiger partial charge < -0.3 is 15.0 Å². The van der Waals surface area contributed by atoms with Gasteiger partial charge in [-0.05, 0) is 49.1 Å². The van der Waals surface area contributed by atoms with Crippen molar-refractivity contribution in [1.29, 1.82) is 0 Å². The first-order valence-corrected chi connectivity index (χ1v) is 10.4. The molecule has 1 heterocycles. The van der Waals surface area contributed by atoms with Gasteiger partial charge in [0.15, 0.2) is 0 Å². The van der Waals surface area contributed by atoms with Crippen LogP contribution < -0.4 is 5.32 Å². The average molecular weight is 466 g/mol. The van der Waals surface area contributed by atoms with Crippen LogP contribution in [-0.2, 0) is 20.7 Å². The fourth-order valence-electron chi connectivity index (χ4n) is 2.58. The number of aromatic nitrogens is 2. The molecule has 0 aliphatic rings. The molecular formula is C22H32BrN3O3. The molecule has 0 aliphatic carbocycles. The number of carbonyl (C=O) groups is 2. The highest BCUT2D eigenvalue weighted by Gasteiger charge is 2.22. The molecule has 29 heavy (non-hydrogen) atoms. The Morgan fingerprint density at radius 2 is 2.07 bits per heavy atom. The van der Waals surface area contributed by atoms with E-state index >= 15 is 0 Å². The lowest BCUT2D eigenvalue weighted by Crippen LogP contribution is -2.42. The maximum atomic E-state index is 12.3. The number of hydrogen-bond donors (Lipinski definition) is 2. The van der Waals surface area contributed by atoms with Crippen molar-refractivity contribution < 1.29 is 14.3 Å². The predicted molar refractivity (Wildman–Crippen MR) is 119 cm³/mol. The summed E-state index contributed by atoms with van der Waals surface area (Å²) in [5.41, 5.74) is 1.89. The van der Waals surface area contributed by atoms with Gasteiger partial charge in [0.1, 0.15) is 6.04 Å². The minimum atomic E-state index is -0.770. The summed E-state index contributed by atoms with van der Waals surface area (Å²) in [7, 11) is 1.30. The third kappa shape index (κ3) is 10.8. The molecule has 0 saturated carbocycles. The van der Waals surface area contributed by atoms with Crippen LogP contribution in [0.5, 0.6) is 0 Å². The monoisotopic (exact) mass is 465 g/mol. The summed E-state index contributed by atoms with van der Waals surface area (Å²) < 4.78 is 5.94. The number of nitrogens with one attached hydrogen (secondary N) is 2. The van der Waals surface area contributed by atoms with Crippen LogP contribution >= 0.6 is 15.9 Å². The first-order valence-electron chi connectivity index (χ1n) is 9.65. The van der Waals surface area contributed by atoms with Crippen LogP contribution in [0.25, 0.3) is 0 Å². The fourth-order valence-corrected chi connectivity index (χ4v) is 2.81. The number of amides is 1. The minimum Gasteiger partial charge on any atom is -0.467 e. The molecule has 0 aliphatic heterocycles. The number of esters is 1. The summed E-state index contributed by atoms with van der Waals surface area (Å²) in [5, 5.41) is 2.71. The minimum absolute atomic E-state index is 0.177. The van der Waals surface area contributed by atoms with Crippen molar-refractivity contribution in [3.05, 3.63) is 52.6 Å². The highest BCUT2D eigenvalue weighted by Crippen LogP contribution is 2.24. The lowest BCUT2D eigenvalue weighted by molar-refractivity contribution is -0.144. The highest BCUT2D eigenvalue weighted by molar-refractivity contribution is 9.11. The zero-order valence-electron chi connectivity index (χ0n) is 17.9. The van der Waals surface area contributed by atoms with Crippen molar-refractivity contribution in [2.75, 3.05) is 7.11 Å². The van der Waals surface area contributed by atoms with E-state index in [0.29, 0.717) is 6.42 Å². The predicted octanol–water partition coefficient (Wildman–Crippen LogP) is 4.61. The summed E-state index contributed by atoms with van der Waals surface area (Å²) in [6, 6.07) is -0.770. The Kier molecular flexibility index (Phi) is 10.7. The largest absolute Gasteiger partial charge is 0.467 e. The van der Waals surface area contributed by atoms with E-state index in [9.17, 15) is 9.59 Å². The van der Waals surface area contributed by atoms with Gasteiger partial charge in [-0.2, -0.15) is 0 Å². The topological polar surface area (TPSA) is 84.1 Å². The zero-order chi connectivity index (χ0) is 21.9. The first kappa shape index (κ1) is 24.9. The Morgan fingerprint density at radius 3 is 2.66 bits per heavy atom. The molecule has 1 aromatic rings. The number of H-pyrrole nitrogens is 1. The van der Waals surface area contributed by atoms with Crippen molar-refractivity contribution in [3.8, 4) is 0 Å². The maximum absolute atomic E-state index is 12.3. The molecule has 1 amide bonds. The summed E-state index contributed by atoms with van der Waals surface area (Å²) in [6.45, 7) is 8.30. The van der Waals surface area contributed by atoms with Gasteiger partial charge in [-0.15, -0.1) is 0 Å². The third-order valence-corrected chi connectivity index (χ3v) is 4.73. The Hall–Kier alpha value is -2.15. The summed E-state index contributed by atoms with van der Waals surface area (Å²) in [6.07, 6.45) is 14.0. The van der Waals surface area contributed by atoms with Crippen molar-refractivity contribution in [2.24, 2.45) is 5.41 Å². The Morgan fingerprint density at radius 1 is 1.34 bits per heavy atom. The lowest BCUT2D eigenvalue weighted by Gasteiger charge is -2.19. The van der Waals surface area contributed by atoms with E-state index in [4.69, 9.17) is 4.74 Å². The van der Waals surface area contributed by atoms with Crippen LogP contribution in [0.15, 0.2) is 46.9 Å². The number of aromatic amines is 1. The Labute approximate surface area is 182 Å². The van der Waals surface area contributed by atoms with Crippen LogP contribution in [0, 0.1) is 5.41 Å². The van der Waals surface area contributed by atoms with E-state index in [-0.39, 0.29) is 11.3 Å². The standard InChI is InChI=1S/C22H32BrN3O3/c1-16(7-6-8-17(2)23)9-11-22(3,4)12-10-20(27)26-19(21(28)29-5)13-18-14-24-15-25-18/h8-10,12,14-15,19H,6-7,11,13H2,1-5H3,(H,24,25)(H,26,27)/b12-10+,16-9+,17-8+/t19-/m0/s1. The average Bonchev–Trinajstić information content (AvgIpc) is 3.16. The fraction of sp³-hybridized carbons (Fsp3) is 0.500. The van der Waals surface area contributed by atoms with Crippen LogP contribution in [0.4, 0.5) is 0 Å². The van der Waals surface area contributed by atoms with Crippen LogP contribution in [-0.4, -0.2) is 35.0 Å². The molecule has 1 aromatic heterocycles. The molecule has 0 fully saturated rings. The molecule has 0 spiro atoms. The SMILES string of the molecule is COC(=O)[C@H](Cc1cnc[nH]1)NC(=O)/C=C/C(C)(C)C/C=C(\C)CC/C=C(\C)Br. The summed E-state index contributed by atoms with van der Waals surface area (Å²) in [5.74, 6) is -0.821. The number of rotatable bonds is 11. The van der Waals surface area contributed by atoms with Gasteiger partial charge in [0.05, 0.1) is 13.4 Å². The number of nitrogens with zero attached hydrogens (tertiary/aromatic N) is 1. The number of halogens is 1. The number of imidazole rings is 1. The molecule has 0 unspecified atom stereocenters. The van der Waals surface area contributed by atoms with Crippen LogP contribution in [0.2, 0.25) is 0 Å². The van der Waals surface area contributed by atoms with Crippen molar-refractivity contribution >= 4 is 27.8 Å². The summed E-state index contributed by atoms with van der Waals surface area (Å²) in [4.78, 5) is 31.2. The number of methoxy groups -OCH3 is 1. The maximum Gasteiger partial charge on any atom is 0.328 e. The van der Waals surface area contributed by atoms with Crippen molar-refractivity contribution in [3.63, 3.8) is 0 Å². The van der Waals surface area contributed by atoms with Crippen LogP contribution in [0.3, 0.4) is 0 Å². The molecule has 0 bridgehead atoms. The van der Waals surface area contributed by atoms with E-state index in [0.717, 1.165) is 29.4 Å². The second-order valence-corrected chi connectivity index (χ2v) is 9.02.